The van der Waals surface area contributed by atoms with Crippen molar-refractivity contribution in [1.82, 2.24) is 0 Å². The van der Waals surface area contributed by atoms with Gasteiger partial charge in [-0.15, -0.1) is 0 Å². The molecular formula is H3O4P2. The van der Waals surface area contributed by atoms with Crippen LogP contribution in [0.15, 0.2) is 0 Å². The summed E-state index contributed by atoms with van der Waals surface area (Å²) < 4.78 is 8.88. The third-order valence-corrected chi connectivity index (χ3v) is 0. The van der Waals surface area contributed by atoms with Crippen molar-refractivity contribution in [2.45, 2.75) is 0 Å². The quantitative estimate of drug-likeness (QED) is 0.400. The number of hydrogen-bond acceptors (Lipinski definition) is 1. The van der Waals surface area contributed by atoms with Gasteiger partial charge in [-0.3, -0.25) is 0 Å². The largest absolute Gasteiger partial charge is 0.466 e. The number of phosphoric acid groups is 1. The molecule has 37 valence electrons. The molecule has 0 aliphatic carbocycles. The van der Waals surface area contributed by atoms with E-state index in [1.165, 1.54) is 0 Å². The smallest absolute Gasteiger partial charge is 0.303 e. The molecule has 0 heterocycles. The summed E-state index contributed by atoms with van der Waals surface area (Å²) in [7, 11) is -4.64. The van der Waals surface area contributed by atoms with Crippen molar-refractivity contribution in [2.75, 3.05) is 0 Å². The minimum atomic E-state index is -4.64. The summed E-state index contributed by atoms with van der Waals surface area (Å²) >= 11 is 0. The van der Waals surface area contributed by atoms with E-state index < -0.39 is 7.82 Å². The molecule has 0 amide bonds. The Kier molecular flexibility index (Phi) is 4.33. The van der Waals surface area contributed by atoms with Crippen LogP contribution in [-0.4, -0.2) is 14.7 Å². The minimum absolute atomic E-state index is 0. The Bertz CT molecular complexity index is 51.7. The Morgan fingerprint density at radius 1 is 1.17 bits per heavy atom. The molecule has 0 saturated carbocycles. The van der Waals surface area contributed by atoms with Gasteiger partial charge < -0.3 is 14.7 Å². The lowest BCUT2D eigenvalue weighted by molar-refractivity contribution is 0.275. The lowest BCUT2D eigenvalue weighted by Crippen LogP contribution is -1.66. The van der Waals surface area contributed by atoms with Gasteiger partial charge in [-0.1, -0.05) is 0 Å². The molecule has 4 nitrogen and oxygen atoms in total. The molecule has 0 fully saturated rings. The predicted molar refractivity (Wildman–Crippen MR) is 21.2 cm³/mol. The zero-order valence-corrected chi connectivity index (χ0v) is 4.43. The first-order valence-corrected chi connectivity index (χ1v) is 2.35. The van der Waals surface area contributed by atoms with Gasteiger partial charge in [-0.2, -0.15) is 0 Å². The van der Waals surface area contributed by atoms with E-state index in [4.69, 9.17) is 19.2 Å². The first kappa shape index (κ1) is 9.74. The molecule has 3 N–H and O–H groups in total. The molecule has 0 aliphatic heterocycles. The molecule has 0 spiro atoms. The van der Waals surface area contributed by atoms with Crippen molar-refractivity contribution in [3.8, 4) is 0 Å². The summed E-state index contributed by atoms with van der Waals surface area (Å²) in [6.45, 7) is 0. The van der Waals surface area contributed by atoms with Crippen LogP contribution in [0.25, 0.3) is 0 Å². The fourth-order valence-corrected chi connectivity index (χ4v) is 0. The minimum Gasteiger partial charge on any atom is -0.303 e. The first-order valence-electron chi connectivity index (χ1n) is 0.783. The Morgan fingerprint density at radius 2 is 1.17 bits per heavy atom. The molecular weight excluding hydrogens is 126 g/mol. The van der Waals surface area contributed by atoms with Gasteiger partial charge in [-0.05, 0) is 0 Å². The zero-order chi connectivity index (χ0) is 4.50. The van der Waals surface area contributed by atoms with Crippen LogP contribution in [0.1, 0.15) is 0 Å². The topological polar surface area (TPSA) is 77.8 Å². The normalized spacial score (nSPS) is 9.83. The highest BCUT2D eigenvalue weighted by Gasteiger charge is 2.00. The SMILES string of the molecule is O=P(O)(O)O.[P]. The molecule has 0 bridgehead atoms. The van der Waals surface area contributed by atoms with Crippen LogP contribution in [0.5, 0.6) is 0 Å². The Morgan fingerprint density at radius 3 is 1.17 bits per heavy atom. The summed E-state index contributed by atoms with van der Waals surface area (Å²) in [6, 6.07) is 0. The van der Waals surface area contributed by atoms with Crippen LogP contribution in [0.2, 0.25) is 0 Å². The fraction of sp³-hybridized carbons (Fsp3) is 0. The molecule has 0 rings (SSSR count). The van der Waals surface area contributed by atoms with Gasteiger partial charge in [0.05, 0.1) is 0 Å². The van der Waals surface area contributed by atoms with Crippen LogP contribution < -0.4 is 0 Å². The van der Waals surface area contributed by atoms with E-state index in [0.29, 0.717) is 0 Å². The predicted octanol–water partition coefficient (Wildman–Crippen LogP) is -0.0674. The molecule has 0 unspecified atom stereocenters. The average Bonchev–Trinajstić information content (AvgIpc) is 0.722. The van der Waals surface area contributed by atoms with Gasteiger partial charge in [0, 0.05) is 9.90 Å². The molecule has 6 heavy (non-hydrogen) atoms. The molecule has 0 aromatic carbocycles. The van der Waals surface area contributed by atoms with Gasteiger partial charge >= 0.3 is 7.82 Å². The number of hydrogen-bond donors (Lipinski definition) is 3. The average molecular weight is 129 g/mol. The first-order chi connectivity index (χ1) is 2.00. The number of rotatable bonds is 0. The maximum absolute atomic E-state index is 8.88. The van der Waals surface area contributed by atoms with E-state index in [9.17, 15) is 0 Å². The Hall–Kier alpha value is 0.540. The third-order valence-electron chi connectivity index (χ3n) is 0. The summed E-state index contributed by atoms with van der Waals surface area (Å²) in [5.41, 5.74) is 0. The van der Waals surface area contributed by atoms with Crippen molar-refractivity contribution < 1.29 is 19.2 Å². The van der Waals surface area contributed by atoms with Crippen LogP contribution in [0, 0.1) is 0 Å². The van der Waals surface area contributed by atoms with Crippen LogP contribution in [0.3, 0.4) is 0 Å². The van der Waals surface area contributed by atoms with Crippen LogP contribution >= 0.6 is 17.7 Å². The van der Waals surface area contributed by atoms with Crippen molar-refractivity contribution in [1.29, 1.82) is 0 Å². The molecule has 0 aliphatic rings. The lowest BCUT2D eigenvalue weighted by Gasteiger charge is -1.82. The van der Waals surface area contributed by atoms with Crippen molar-refractivity contribution in [2.24, 2.45) is 0 Å². The van der Waals surface area contributed by atoms with E-state index in [0.717, 1.165) is 0 Å². The van der Waals surface area contributed by atoms with Gasteiger partial charge in [0.15, 0.2) is 0 Å². The maximum Gasteiger partial charge on any atom is 0.466 e. The monoisotopic (exact) mass is 129 g/mol. The van der Waals surface area contributed by atoms with Gasteiger partial charge in [0.1, 0.15) is 0 Å². The molecule has 0 aromatic heterocycles. The van der Waals surface area contributed by atoms with E-state index >= 15 is 0 Å². The summed E-state index contributed by atoms with van der Waals surface area (Å²) in [5.74, 6) is 0. The fourth-order valence-electron chi connectivity index (χ4n) is 0. The van der Waals surface area contributed by atoms with Crippen molar-refractivity contribution in [3.63, 3.8) is 0 Å². The second-order valence-electron chi connectivity index (χ2n) is 0.513. The molecule has 0 saturated heterocycles. The molecule has 0 atom stereocenters. The Balaban J connectivity index is 0. The third kappa shape index (κ3) is 195. The highest BCUT2D eigenvalue weighted by Crippen LogP contribution is 2.25. The van der Waals surface area contributed by atoms with Crippen molar-refractivity contribution in [3.05, 3.63) is 0 Å². The Labute approximate surface area is 38.1 Å². The van der Waals surface area contributed by atoms with Gasteiger partial charge in [0.25, 0.3) is 0 Å². The van der Waals surface area contributed by atoms with Crippen LogP contribution in [0.4, 0.5) is 0 Å². The van der Waals surface area contributed by atoms with Crippen molar-refractivity contribution >= 4 is 17.7 Å². The van der Waals surface area contributed by atoms with Crippen LogP contribution in [-0.2, 0) is 4.57 Å². The van der Waals surface area contributed by atoms with E-state index in [-0.39, 0.29) is 9.90 Å². The maximum atomic E-state index is 8.88. The molecule has 3 radical (unpaired) electrons. The van der Waals surface area contributed by atoms with Gasteiger partial charge in [0.2, 0.25) is 0 Å². The highest BCUT2D eigenvalue weighted by molar-refractivity contribution is 7.45. The highest BCUT2D eigenvalue weighted by atomic mass is 31.2. The zero-order valence-electron chi connectivity index (χ0n) is 2.64. The van der Waals surface area contributed by atoms with E-state index in [1.54, 1.807) is 0 Å². The summed E-state index contributed by atoms with van der Waals surface area (Å²) in [4.78, 5) is 21.6. The lowest BCUT2D eigenvalue weighted by atomic mass is 15.8. The summed E-state index contributed by atoms with van der Waals surface area (Å²) in [5, 5.41) is 0. The van der Waals surface area contributed by atoms with E-state index in [2.05, 4.69) is 0 Å². The second kappa shape index (κ2) is 2.67. The van der Waals surface area contributed by atoms with E-state index in [1.807, 2.05) is 0 Å². The second-order valence-corrected chi connectivity index (χ2v) is 1.54. The van der Waals surface area contributed by atoms with Gasteiger partial charge in [-0.25, -0.2) is 4.57 Å². The standard InChI is InChI=1S/H3O4P.P/c1-5(2,3)4;/h(H3,1,2,3,4);. The molecule has 0 aromatic rings. The molecule has 6 heteroatoms. The summed E-state index contributed by atoms with van der Waals surface area (Å²) in [6.07, 6.45) is 0.